The number of piperidine rings is 1. The molecule has 0 radical (unpaired) electrons. The molecule has 1 atom stereocenters. The van der Waals surface area contributed by atoms with E-state index in [1.54, 1.807) is 0 Å². The highest BCUT2D eigenvalue weighted by Crippen LogP contribution is 2.18. The second-order valence-corrected chi connectivity index (χ2v) is 8.90. The van der Waals surface area contributed by atoms with Crippen LogP contribution in [0.25, 0.3) is 0 Å². The molecule has 0 bridgehead atoms. The molecule has 0 aliphatic carbocycles. The van der Waals surface area contributed by atoms with E-state index >= 15 is 0 Å². The van der Waals surface area contributed by atoms with Crippen LogP contribution in [0, 0.1) is 0 Å². The Morgan fingerprint density at radius 1 is 1.26 bits per heavy atom. The molecule has 1 unspecified atom stereocenters. The van der Waals surface area contributed by atoms with Gasteiger partial charge in [-0.3, -0.25) is 14.6 Å². The molecule has 2 heterocycles. The zero-order valence-corrected chi connectivity index (χ0v) is 19.9. The smallest absolute Gasteiger partial charge is 0.191 e. The van der Waals surface area contributed by atoms with E-state index in [0.29, 0.717) is 12.6 Å². The number of likely N-dealkylation sites (N-methyl/N-ethyl adjacent to an activating group) is 1. The van der Waals surface area contributed by atoms with Crippen LogP contribution >= 0.6 is 11.6 Å². The first-order valence-corrected chi connectivity index (χ1v) is 11.5. The second kappa shape index (κ2) is 11.5. The number of likely N-dealkylation sites (tertiary alicyclic amines) is 1. The lowest BCUT2D eigenvalue weighted by molar-refractivity contribution is 0.198. The van der Waals surface area contributed by atoms with Crippen molar-refractivity contribution in [3.8, 4) is 0 Å². The molecule has 0 amide bonds. The molecule has 1 aliphatic heterocycles. The van der Waals surface area contributed by atoms with Gasteiger partial charge in [0.1, 0.15) is 0 Å². The lowest BCUT2D eigenvalue weighted by Crippen LogP contribution is -2.48. The van der Waals surface area contributed by atoms with E-state index in [0.717, 1.165) is 50.0 Å². The zero-order valence-electron chi connectivity index (χ0n) is 19.2. The Hall–Kier alpha value is -2.09. The summed E-state index contributed by atoms with van der Waals surface area (Å²) in [6, 6.07) is 8.81. The highest BCUT2D eigenvalue weighted by atomic mass is 35.5. The summed E-state index contributed by atoms with van der Waals surface area (Å²) in [6.45, 7) is 6.78. The first-order chi connectivity index (χ1) is 14.9. The van der Waals surface area contributed by atoms with Gasteiger partial charge >= 0.3 is 0 Å². The Morgan fingerprint density at radius 2 is 1.97 bits per heavy atom. The molecule has 8 heteroatoms. The van der Waals surface area contributed by atoms with Crippen LogP contribution in [0.3, 0.4) is 0 Å². The quantitative estimate of drug-likeness (QED) is 0.483. The molecular formula is C23H36ClN7. The molecule has 3 rings (SSSR count). The SMILES string of the molecule is CCNC(=NCC(c1cnn(C)c1)N(C)C)NC1CCN(Cc2ccc(Cl)cc2)CC1. The van der Waals surface area contributed by atoms with Crippen molar-refractivity contribution in [2.75, 3.05) is 40.3 Å². The molecule has 0 spiro atoms. The summed E-state index contributed by atoms with van der Waals surface area (Å²) in [5.41, 5.74) is 2.50. The molecule has 2 aromatic rings. The van der Waals surface area contributed by atoms with E-state index in [1.165, 1.54) is 11.1 Å². The van der Waals surface area contributed by atoms with E-state index in [-0.39, 0.29) is 6.04 Å². The molecule has 1 aromatic carbocycles. The number of nitrogens with zero attached hydrogens (tertiary/aromatic N) is 5. The van der Waals surface area contributed by atoms with E-state index < -0.39 is 0 Å². The number of guanidine groups is 1. The third-order valence-electron chi connectivity index (χ3n) is 5.75. The summed E-state index contributed by atoms with van der Waals surface area (Å²) in [5, 5.41) is 12.2. The van der Waals surface area contributed by atoms with Gasteiger partial charge in [0, 0.05) is 56.1 Å². The fourth-order valence-corrected chi connectivity index (χ4v) is 4.08. The number of aromatic nitrogens is 2. The number of halogens is 1. The molecule has 1 aromatic heterocycles. The molecular weight excluding hydrogens is 410 g/mol. The third-order valence-corrected chi connectivity index (χ3v) is 6.00. The number of nitrogens with one attached hydrogen (secondary N) is 2. The minimum Gasteiger partial charge on any atom is -0.357 e. The monoisotopic (exact) mass is 445 g/mol. The van der Waals surface area contributed by atoms with Crippen molar-refractivity contribution in [2.45, 2.75) is 38.4 Å². The Balaban J connectivity index is 1.53. The first kappa shape index (κ1) is 23.6. The summed E-state index contributed by atoms with van der Waals surface area (Å²) in [4.78, 5) is 9.60. The van der Waals surface area contributed by atoms with Crippen LogP contribution < -0.4 is 10.6 Å². The predicted octanol–water partition coefficient (Wildman–Crippen LogP) is 2.90. The van der Waals surface area contributed by atoms with Gasteiger partial charge in [0.25, 0.3) is 0 Å². The van der Waals surface area contributed by atoms with Gasteiger partial charge in [0.2, 0.25) is 0 Å². The number of benzene rings is 1. The second-order valence-electron chi connectivity index (χ2n) is 8.47. The fourth-order valence-electron chi connectivity index (χ4n) is 3.95. The highest BCUT2D eigenvalue weighted by Gasteiger charge is 2.21. The van der Waals surface area contributed by atoms with Crippen LogP contribution in [0.4, 0.5) is 0 Å². The normalized spacial score (nSPS) is 17.2. The maximum Gasteiger partial charge on any atom is 0.191 e. The fraction of sp³-hybridized carbons (Fsp3) is 0.565. The standard InChI is InChI=1S/C23H36ClN7/c1-5-25-23(26-15-22(29(2)3)19-14-27-30(4)17-19)28-21-10-12-31(13-11-21)16-18-6-8-20(24)9-7-18/h6-9,14,17,21-22H,5,10-13,15-16H2,1-4H3,(H2,25,26,28). The van der Waals surface area contributed by atoms with Crippen LogP contribution in [0.15, 0.2) is 41.7 Å². The van der Waals surface area contributed by atoms with Crippen LogP contribution in [-0.2, 0) is 13.6 Å². The number of aliphatic imine (C=N–C) groups is 1. The summed E-state index contributed by atoms with van der Waals surface area (Å²) in [7, 11) is 6.12. The van der Waals surface area contributed by atoms with Gasteiger partial charge in [-0.2, -0.15) is 5.10 Å². The topological polar surface area (TPSA) is 60.7 Å². The molecule has 2 N–H and O–H groups in total. The number of hydrogen-bond donors (Lipinski definition) is 2. The van der Waals surface area contributed by atoms with E-state index in [9.17, 15) is 0 Å². The molecule has 1 fully saturated rings. The highest BCUT2D eigenvalue weighted by molar-refractivity contribution is 6.30. The third kappa shape index (κ3) is 7.23. The largest absolute Gasteiger partial charge is 0.357 e. The van der Waals surface area contributed by atoms with E-state index in [2.05, 4.69) is 64.9 Å². The molecule has 0 saturated carbocycles. The lowest BCUT2D eigenvalue weighted by atomic mass is 10.0. The van der Waals surface area contributed by atoms with Crippen molar-refractivity contribution < 1.29 is 0 Å². The van der Waals surface area contributed by atoms with E-state index in [1.807, 2.05) is 30.1 Å². The van der Waals surface area contributed by atoms with Gasteiger partial charge in [0.15, 0.2) is 5.96 Å². The average Bonchev–Trinajstić information content (AvgIpc) is 3.17. The molecule has 31 heavy (non-hydrogen) atoms. The lowest BCUT2D eigenvalue weighted by Gasteiger charge is -2.33. The summed E-state index contributed by atoms with van der Waals surface area (Å²) < 4.78 is 1.84. The van der Waals surface area contributed by atoms with Crippen molar-refractivity contribution in [1.29, 1.82) is 0 Å². The van der Waals surface area contributed by atoms with Crippen molar-refractivity contribution in [3.63, 3.8) is 0 Å². The number of hydrogen-bond acceptors (Lipinski definition) is 4. The van der Waals surface area contributed by atoms with Gasteiger partial charge in [-0.1, -0.05) is 23.7 Å². The zero-order chi connectivity index (χ0) is 22.2. The minimum absolute atomic E-state index is 0.199. The van der Waals surface area contributed by atoms with Crippen LogP contribution in [0.5, 0.6) is 0 Å². The maximum absolute atomic E-state index is 6.00. The van der Waals surface area contributed by atoms with Crippen molar-refractivity contribution in [2.24, 2.45) is 12.0 Å². The maximum atomic E-state index is 6.00. The van der Waals surface area contributed by atoms with Gasteiger partial charge in [-0.25, -0.2) is 0 Å². The summed E-state index contributed by atoms with van der Waals surface area (Å²) in [6.07, 6.45) is 6.21. The molecule has 7 nitrogen and oxygen atoms in total. The Kier molecular flexibility index (Phi) is 8.75. The van der Waals surface area contributed by atoms with Gasteiger partial charge in [-0.05, 0) is 51.6 Å². The Morgan fingerprint density at radius 3 is 2.55 bits per heavy atom. The van der Waals surface area contributed by atoms with Gasteiger partial charge in [-0.15, -0.1) is 0 Å². The van der Waals surface area contributed by atoms with Crippen LogP contribution in [0.1, 0.15) is 36.9 Å². The predicted molar refractivity (Wildman–Crippen MR) is 129 cm³/mol. The average molecular weight is 446 g/mol. The van der Waals surface area contributed by atoms with E-state index in [4.69, 9.17) is 16.6 Å². The molecule has 170 valence electrons. The van der Waals surface area contributed by atoms with Crippen molar-refractivity contribution in [1.82, 2.24) is 30.2 Å². The van der Waals surface area contributed by atoms with Crippen molar-refractivity contribution in [3.05, 3.63) is 52.8 Å². The van der Waals surface area contributed by atoms with Gasteiger partial charge in [0.05, 0.1) is 18.8 Å². The van der Waals surface area contributed by atoms with Crippen molar-refractivity contribution >= 4 is 17.6 Å². The molecule has 1 aliphatic rings. The number of rotatable bonds is 8. The summed E-state index contributed by atoms with van der Waals surface area (Å²) >= 11 is 6.00. The number of aryl methyl sites for hydroxylation is 1. The molecule has 1 saturated heterocycles. The first-order valence-electron chi connectivity index (χ1n) is 11.1. The summed E-state index contributed by atoms with van der Waals surface area (Å²) in [5.74, 6) is 0.898. The van der Waals surface area contributed by atoms with Crippen LogP contribution in [-0.4, -0.2) is 71.9 Å². The van der Waals surface area contributed by atoms with Gasteiger partial charge < -0.3 is 15.5 Å². The Bertz CT molecular complexity index is 823. The Labute approximate surface area is 191 Å². The minimum atomic E-state index is 0.199. The van der Waals surface area contributed by atoms with Crippen LogP contribution in [0.2, 0.25) is 5.02 Å².